The van der Waals surface area contributed by atoms with Gasteiger partial charge in [-0.15, -0.1) is 0 Å². The molecule has 0 radical (unpaired) electrons. The van der Waals surface area contributed by atoms with E-state index in [9.17, 15) is 9.90 Å². The number of ether oxygens (including phenoxy) is 1. The number of rotatable bonds is 4. The number of carbonyl (C=O) groups is 1. The second-order valence-corrected chi connectivity index (χ2v) is 4.97. The Kier molecular flexibility index (Phi) is 4.74. The molecule has 0 aliphatic carbocycles. The highest BCUT2D eigenvalue weighted by Crippen LogP contribution is 2.21. The van der Waals surface area contributed by atoms with E-state index in [0.29, 0.717) is 11.5 Å². The number of methoxy groups -OCH3 is 1. The van der Waals surface area contributed by atoms with E-state index in [2.05, 4.69) is 4.98 Å². The molecule has 0 bridgehead atoms. The van der Waals surface area contributed by atoms with Crippen LogP contribution >= 0.6 is 0 Å². The first-order valence-electron chi connectivity index (χ1n) is 6.63. The van der Waals surface area contributed by atoms with Crippen molar-refractivity contribution >= 4 is 5.91 Å². The van der Waals surface area contributed by atoms with Crippen molar-refractivity contribution in [3.05, 3.63) is 24.0 Å². The van der Waals surface area contributed by atoms with Crippen molar-refractivity contribution < 1.29 is 14.6 Å². The second kappa shape index (κ2) is 6.52. The summed E-state index contributed by atoms with van der Waals surface area (Å²) in [6, 6.07) is 1.47. The fourth-order valence-electron chi connectivity index (χ4n) is 2.50. The van der Waals surface area contributed by atoms with Crippen molar-refractivity contribution in [2.75, 3.05) is 26.8 Å². The van der Waals surface area contributed by atoms with Gasteiger partial charge in [0.15, 0.2) is 0 Å². The first-order valence-corrected chi connectivity index (χ1v) is 6.63. The summed E-state index contributed by atoms with van der Waals surface area (Å²) in [6.07, 6.45) is 5.98. The molecule has 0 saturated carbocycles. The lowest BCUT2D eigenvalue weighted by atomic mass is 9.95. The fourth-order valence-corrected chi connectivity index (χ4v) is 2.50. The lowest BCUT2D eigenvalue weighted by molar-refractivity contribution is 0.0641. The van der Waals surface area contributed by atoms with Gasteiger partial charge in [-0.3, -0.25) is 9.78 Å². The summed E-state index contributed by atoms with van der Waals surface area (Å²) in [5.74, 6) is 0.479. The highest BCUT2D eigenvalue weighted by atomic mass is 16.5. The minimum atomic E-state index is -0.0504. The van der Waals surface area contributed by atoms with Crippen molar-refractivity contribution in [2.24, 2.45) is 5.92 Å². The maximum atomic E-state index is 12.3. The smallest absolute Gasteiger partial charge is 0.255 e. The third-order valence-corrected chi connectivity index (χ3v) is 3.51. The molecule has 1 saturated heterocycles. The van der Waals surface area contributed by atoms with Crippen LogP contribution in [0.5, 0.6) is 5.75 Å². The monoisotopic (exact) mass is 264 g/mol. The number of hydrogen-bond donors (Lipinski definition) is 1. The molecule has 1 unspecified atom stereocenters. The molecule has 1 N–H and O–H groups in total. The third kappa shape index (κ3) is 3.67. The molecule has 1 amide bonds. The summed E-state index contributed by atoms with van der Waals surface area (Å²) in [5.41, 5.74) is 0.451. The van der Waals surface area contributed by atoms with Crippen LogP contribution in [0.3, 0.4) is 0 Å². The first-order chi connectivity index (χ1) is 9.20. The number of nitrogens with zero attached hydrogens (tertiary/aromatic N) is 2. The summed E-state index contributed by atoms with van der Waals surface area (Å²) < 4.78 is 5.09. The van der Waals surface area contributed by atoms with Crippen LogP contribution in [0, 0.1) is 5.92 Å². The van der Waals surface area contributed by atoms with Crippen LogP contribution in [0.25, 0.3) is 0 Å². The quantitative estimate of drug-likeness (QED) is 0.898. The molecule has 5 nitrogen and oxygen atoms in total. The van der Waals surface area contributed by atoms with E-state index < -0.39 is 0 Å². The lowest BCUT2D eigenvalue weighted by Crippen LogP contribution is -2.40. The van der Waals surface area contributed by atoms with Gasteiger partial charge in [0.25, 0.3) is 5.91 Å². The zero-order valence-corrected chi connectivity index (χ0v) is 11.2. The molecule has 1 aliphatic heterocycles. The molecule has 19 heavy (non-hydrogen) atoms. The predicted octanol–water partition coefficient (Wildman–Crippen LogP) is 1.68. The maximum Gasteiger partial charge on any atom is 0.255 e. The predicted molar refractivity (Wildman–Crippen MR) is 71.0 cm³/mol. The lowest BCUT2D eigenvalue weighted by Gasteiger charge is -2.32. The first kappa shape index (κ1) is 13.8. The number of likely N-dealkylation sites (tertiary alicyclic amines) is 1. The molecule has 2 heterocycles. The highest BCUT2D eigenvalue weighted by Gasteiger charge is 2.24. The highest BCUT2D eigenvalue weighted by molar-refractivity contribution is 5.94. The summed E-state index contributed by atoms with van der Waals surface area (Å²) in [6.45, 7) is 2.27. The fraction of sp³-hybridized carbons (Fsp3) is 0.571. The number of hydrogen-bond acceptors (Lipinski definition) is 4. The molecule has 1 fully saturated rings. The molecule has 1 aromatic rings. The van der Waals surface area contributed by atoms with Gasteiger partial charge >= 0.3 is 0 Å². The van der Waals surface area contributed by atoms with Crippen molar-refractivity contribution in [3.63, 3.8) is 0 Å². The minimum absolute atomic E-state index is 0.0267. The largest absolute Gasteiger partial charge is 0.506 e. The van der Waals surface area contributed by atoms with Gasteiger partial charge in [-0.25, -0.2) is 0 Å². The molecule has 104 valence electrons. The molecule has 1 aromatic heterocycles. The van der Waals surface area contributed by atoms with E-state index in [1.165, 1.54) is 18.5 Å². The minimum Gasteiger partial charge on any atom is -0.506 e. The van der Waals surface area contributed by atoms with Crippen LogP contribution in [0.4, 0.5) is 0 Å². The Balaban J connectivity index is 1.99. The van der Waals surface area contributed by atoms with Gasteiger partial charge in [0.1, 0.15) is 5.75 Å². The Morgan fingerprint density at radius 2 is 2.42 bits per heavy atom. The summed E-state index contributed by atoms with van der Waals surface area (Å²) in [4.78, 5) is 18.0. The Hall–Kier alpha value is -1.62. The Morgan fingerprint density at radius 1 is 1.58 bits per heavy atom. The zero-order chi connectivity index (χ0) is 13.7. The third-order valence-electron chi connectivity index (χ3n) is 3.51. The van der Waals surface area contributed by atoms with Crippen LogP contribution in [0.15, 0.2) is 18.5 Å². The summed E-state index contributed by atoms with van der Waals surface area (Å²) >= 11 is 0. The zero-order valence-electron chi connectivity index (χ0n) is 11.2. The van der Waals surface area contributed by atoms with Gasteiger partial charge in [-0.2, -0.15) is 0 Å². The number of aromatic nitrogens is 1. The topological polar surface area (TPSA) is 62.7 Å². The van der Waals surface area contributed by atoms with Crippen molar-refractivity contribution in [1.82, 2.24) is 9.88 Å². The van der Waals surface area contributed by atoms with E-state index >= 15 is 0 Å². The van der Waals surface area contributed by atoms with Gasteiger partial charge in [0.05, 0.1) is 11.8 Å². The van der Waals surface area contributed by atoms with E-state index in [0.717, 1.165) is 39.0 Å². The van der Waals surface area contributed by atoms with Gasteiger partial charge in [-0.1, -0.05) is 0 Å². The van der Waals surface area contributed by atoms with Gasteiger partial charge in [-0.05, 0) is 31.2 Å². The molecule has 0 aromatic carbocycles. The van der Waals surface area contributed by atoms with Crippen LogP contribution in [-0.2, 0) is 4.74 Å². The van der Waals surface area contributed by atoms with Gasteiger partial charge < -0.3 is 14.7 Å². The number of amides is 1. The SMILES string of the molecule is COCCC1CCCN(C(=O)c2cncc(O)c2)C1. The van der Waals surface area contributed by atoms with Crippen LogP contribution in [0.1, 0.15) is 29.6 Å². The number of carbonyl (C=O) groups excluding carboxylic acids is 1. The molecule has 1 aliphatic rings. The van der Waals surface area contributed by atoms with E-state index in [1.807, 2.05) is 4.90 Å². The molecule has 0 spiro atoms. The van der Waals surface area contributed by atoms with E-state index in [-0.39, 0.29) is 11.7 Å². The van der Waals surface area contributed by atoms with Gasteiger partial charge in [0.2, 0.25) is 0 Å². The van der Waals surface area contributed by atoms with Crippen LogP contribution in [0.2, 0.25) is 0 Å². The van der Waals surface area contributed by atoms with Crippen LogP contribution in [-0.4, -0.2) is 47.7 Å². The summed E-state index contributed by atoms with van der Waals surface area (Å²) in [5, 5.41) is 9.38. The van der Waals surface area contributed by atoms with E-state index in [4.69, 9.17) is 4.74 Å². The Labute approximate surface area is 113 Å². The van der Waals surface area contributed by atoms with E-state index in [1.54, 1.807) is 7.11 Å². The standard InChI is InChI=1S/C14H20N2O3/c1-19-6-4-11-3-2-5-16(10-11)14(18)12-7-13(17)9-15-8-12/h7-9,11,17H,2-6,10H2,1H3. The molecular weight excluding hydrogens is 244 g/mol. The average molecular weight is 264 g/mol. The molecule has 2 rings (SSSR count). The number of piperidine rings is 1. The molecule has 1 atom stereocenters. The van der Waals surface area contributed by atoms with Crippen molar-refractivity contribution in [2.45, 2.75) is 19.3 Å². The average Bonchev–Trinajstić information content (AvgIpc) is 2.44. The van der Waals surface area contributed by atoms with Gasteiger partial charge in [0, 0.05) is 33.0 Å². The Morgan fingerprint density at radius 3 is 3.16 bits per heavy atom. The van der Waals surface area contributed by atoms with Crippen molar-refractivity contribution in [3.8, 4) is 5.75 Å². The molecular formula is C14H20N2O3. The maximum absolute atomic E-state index is 12.3. The second-order valence-electron chi connectivity index (χ2n) is 4.97. The normalized spacial score (nSPS) is 19.4. The molecule has 5 heteroatoms. The number of aromatic hydroxyl groups is 1. The van der Waals surface area contributed by atoms with Crippen LogP contribution < -0.4 is 0 Å². The summed E-state index contributed by atoms with van der Waals surface area (Å²) in [7, 11) is 1.70. The Bertz CT molecular complexity index is 436. The number of pyridine rings is 1. The van der Waals surface area contributed by atoms with Crippen molar-refractivity contribution in [1.29, 1.82) is 0 Å².